The van der Waals surface area contributed by atoms with Gasteiger partial charge in [0.25, 0.3) is 0 Å². The van der Waals surface area contributed by atoms with Gasteiger partial charge in [-0.25, -0.2) is 0 Å². The molecule has 0 saturated heterocycles. The van der Waals surface area contributed by atoms with Crippen molar-refractivity contribution in [1.29, 1.82) is 0 Å². The molecule has 0 saturated carbocycles. The SMILES string of the molecule is CCOc1ccc(CCC(=O)NC(CC)CC(=O)O)cc1. The zero-order valence-electron chi connectivity index (χ0n) is 12.6. The molecule has 1 aromatic rings. The van der Waals surface area contributed by atoms with Crippen molar-refractivity contribution in [1.82, 2.24) is 5.32 Å². The molecule has 1 aromatic carbocycles. The normalized spacial score (nSPS) is 11.7. The summed E-state index contributed by atoms with van der Waals surface area (Å²) in [7, 11) is 0. The quantitative estimate of drug-likeness (QED) is 0.733. The minimum atomic E-state index is -0.895. The number of ether oxygens (including phenoxy) is 1. The van der Waals surface area contributed by atoms with E-state index in [0.717, 1.165) is 11.3 Å². The van der Waals surface area contributed by atoms with Crippen LogP contribution < -0.4 is 10.1 Å². The van der Waals surface area contributed by atoms with Crippen LogP contribution in [-0.4, -0.2) is 29.6 Å². The second-order valence-electron chi connectivity index (χ2n) is 4.85. The van der Waals surface area contributed by atoms with Crippen molar-refractivity contribution in [2.45, 2.75) is 45.6 Å². The lowest BCUT2D eigenvalue weighted by Crippen LogP contribution is -2.36. The molecule has 0 aromatic heterocycles. The van der Waals surface area contributed by atoms with Crippen molar-refractivity contribution in [3.05, 3.63) is 29.8 Å². The highest BCUT2D eigenvalue weighted by Gasteiger charge is 2.13. The fourth-order valence-corrected chi connectivity index (χ4v) is 1.98. The first-order chi connectivity index (χ1) is 10.0. The first kappa shape index (κ1) is 17.0. The first-order valence-corrected chi connectivity index (χ1v) is 7.28. The summed E-state index contributed by atoms with van der Waals surface area (Å²) in [5.41, 5.74) is 1.06. The summed E-state index contributed by atoms with van der Waals surface area (Å²) in [5.74, 6) is -0.191. The Kier molecular flexibility index (Phi) is 7.29. The molecular formula is C16H23NO4. The number of carboxylic acid groups (broad SMARTS) is 1. The second-order valence-corrected chi connectivity index (χ2v) is 4.85. The van der Waals surface area contributed by atoms with E-state index in [0.29, 0.717) is 25.9 Å². The molecule has 1 rings (SSSR count). The van der Waals surface area contributed by atoms with E-state index in [-0.39, 0.29) is 18.4 Å². The summed E-state index contributed by atoms with van der Waals surface area (Å²) >= 11 is 0. The smallest absolute Gasteiger partial charge is 0.305 e. The fourth-order valence-electron chi connectivity index (χ4n) is 1.98. The van der Waals surface area contributed by atoms with Crippen molar-refractivity contribution in [2.24, 2.45) is 0 Å². The zero-order chi connectivity index (χ0) is 15.7. The molecule has 0 aliphatic heterocycles. The van der Waals surface area contributed by atoms with Crippen LogP contribution in [0.1, 0.15) is 38.7 Å². The number of carbonyl (C=O) groups is 2. The van der Waals surface area contributed by atoms with Crippen LogP contribution >= 0.6 is 0 Å². The number of aliphatic carboxylic acids is 1. The lowest BCUT2D eigenvalue weighted by molar-refractivity contribution is -0.137. The van der Waals surface area contributed by atoms with E-state index in [1.165, 1.54) is 0 Å². The van der Waals surface area contributed by atoms with Gasteiger partial charge in [0.1, 0.15) is 5.75 Å². The fraction of sp³-hybridized carbons (Fsp3) is 0.500. The molecule has 1 atom stereocenters. The topological polar surface area (TPSA) is 75.6 Å². The third kappa shape index (κ3) is 6.79. The number of hydrogen-bond acceptors (Lipinski definition) is 3. The summed E-state index contributed by atoms with van der Waals surface area (Å²) in [5, 5.41) is 11.5. The van der Waals surface area contributed by atoms with Crippen molar-refractivity contribution in [3.63, 3.8) is 0 Å². The summed E-state index contributed by atoms with van der Waals surface area (Å²) in [4.78, 5) is 22.5. The maximum absolute atomic E-state index is 11.8. The van der Waals surface area contributed by atoms with Crippen LogP contribution in [0, 0.1) is 0 Å². The van der Waals surface area contributed by atoms with Crippen molar-refractivity contribution in [3.8, 4) is 5.75 Å². The van der Waals surface area contributed by atoms with E-state index >= 15 is 0 Å². The van der Waals surface area contributed by atoms with Gasteiger partial charge in [0.2, 0.25) is 5.91 Å². The van der Waals surface area contributed by atoms with Crippen LogP contribution in [0.2, 0.25) is 0 Å². The van der Waals surface area contributed by atoms with Gasteiger partial charge in [-0.3, -0.25) is 9.59 Å². The highest BCUT2D eigenvalue weighted by molar-refractivity contribution is 5.77. The Labute approximate surface area is 125 Å². The summed E-state index contributed by atoms with van der Waals surface area (Å²) in [6.45, 7) is 4.42. The van der Waals surface area contributed by atoms with Crippen LogP contribution in [0.3, 0.4) is 0 Å². The van der Waals surface area contributed by atoms with Gasteiger partial charge >= 0.3 is 5.97 Å². The van der Waals surface area contributed by atoms with Gasteiger partial charge in [0.05, 0.1) is 13.0 Å². The maximum Gasteiger partial charge on any atom is 0.305 e. The maximum atomic E-state index is 11.8. The van der Waals surface area contributed by atoms with Gasteiger partial charge in [-0.15, -0.1) is 0 Å². The minimum absolute atomic E-state index is 0.0364. The average molecular weight is 293 g/mol. The lowest BCUT2D eigenvalue weighted by Gasteiger charge is -2.14. The number of carboxylic acids is 1. The Bertz CT molecular complexity index is 456. The highest BCUT2D eigenvalue weighted by Crippen LogP contribution is 2.13. The van der Waals surface area contributed by atoms with Crippen molar-refractivity contribution in [2.75, 3.05) is 6.61 Å². The van der Waals surface area contributed by atoms with E-state index in [1.807, 2.05) is 38.1 Å². The van der Waals surface area contributed by atoms with E-state index < -0.39 is 5.97 Å². The van der Waals surface area contributed by atoms with Crippen LogP contribution in [-0.2, 0) is 16.0 Å². The number of rotatable bonds is 9. The van der Waals surface area contributed by atoms with Crippen LogP contribution in [0.25, 0.3) is 0 Å². The molecule has 0 fully saturated rings. The molecule has 0 aliphatic carbocycles. The molecule has 2 N–H and O–H groups in total. The summed E-state index contributed by atoms with van der Waals surface area (Å²) in [6.07, 6.45) is 1.55. The second kappa shape index (κ2) is 9.00. The summed E-state index contributed by atoms with van der Waals surface area (Å²) in [6, 6.07) is 7.35. The van der Waals surface area contributed by atoms with E-state index in [1.54, 1.807) is 0 Å². The number of nitrogens with one attached hydrogen (secondary N) is 1. The molecule has 0 bridgehead atoms. The first-order valence-electron chi connectivity index (χ1n) is 7.28. The monoisotopic (exact) mass is 293 g/mol. The molecule has 0 aliphatic rings. The minimum Gasteiger partial charge on any atom is -0.494 e. The molecule has 21 heavy (non-hydrogen) atoms. The number of hydrogen-bond donors (Lipinski definition) is 2. The summed E-state index contributed by atoms with van der Waals surface area (Å²) < 4.78 is 5.36. The van der Waals surface area contributed by atoms with Gasteiger partial charge in [-0.1, -0.05) is 19.1 Å². The van der Waals surface area contributed by atoms with Gasteiger partial charge in [-0.05, 0) is 37.5 Å². The number of amides is 1. The Hall–Kier alpha value is -2.04. The zero-order valence-corrected chi connectivity index (χ0v) is 12.6. The average Bonchev–Trinajstić information content (AvgIpc) is 2.45. The Morgan fingerprint density at radius 2 is 1.90 bits per heavy atom. The molecule has 1 unspecified atom stereocenters. The Balaban J connectivity index is 2.39. The third-order valence-corrected chi connectivity index (χ3v) is 3.15. The molecule has 0 radical (unpaired) electrons. The molecular weight excluding hydrogens is 270 g/mol. The largest absolute Gasteiger partial charge is 0.494 e. The van der Waals surface area contributed by atoms with Gasteiger partial charge < -0.3 is 15.2 Å². The van der Waals surface area contributed by atoms with Gasteiger partial charge in [-0.2, -0.15) is 0 Å². The van der Waals surface area contributed by atoms with Crippen LogP contribution in [0.5, 0.6) is 5.75 Å². The van der Waals surface area contributed by atoms with Crippen molar-refractivity contribution >= 4 is 11.9 Å². The number of benzene rings is 1. The molecule has 0 heterocycles. The van der Waals surface area contributed by atoms with E-state index in [4.69, 9.17) is 9.84 Å². The predicted molar refractivity (Wildman–Crippen MR) is 80.4 cm³/mol. The van der Waals surface area contributed by atoms with Gasteiger partial charge in [0.15, 0.2) is 0 Å². The van der Waals surface area contributed by atoms with Crippen LogP contribution in [0.4, 0.5) is 0 Å². The molecule has 5 heteroatoms. The number of aryl methyl sites for hydroxylation is 1. The molecule has 1 amide bonds. The molecule has 0 spiro atoms. The van der Waals surface area contributed by atoms with Gasteiger partial charge in [0, 0.05) is 12.5 Å². The van der Waals surface area contributed by atoms with E-state index in [2.05, 4.69) is 5.32 Å². The van der Waals surface area contributed by atoms with Crippen molar-refractivity contribution < 1.29 is 19.4 Å². The standard InChI is InChI=1S/C16H23NO4/c1-3-13(11-16(19)20)17-15(18)10-7-12-5-8-14(9-6-12)21-4-2/h5-6,8-9,13H,3-4,7,10-11H2,1-2H3,(H,17,18)(H,19,20). The number of carbonyl (C=O) groups excluding carboxylic acids is 1. The Morgan fingerprint density at radius 3 is 2.43 bits per heavy atom. The lowest BCUT2D eigenvalue weighted by atomic mass is 10.1. The predicted octanol–water partition coefficient (Wildman–Crippen LogP) is 2.39. The third-order valence-electron chi connectivity index (χ3n) is 3.15. The highest BCUT2D eigenvalue weighted by atomic mass is 16.5. The van der Waals surface area contributed by atoms with E-state index in [9.17, 15) is 9.59 Å². The molecule has 5 nitrogen and oxygen atoms in total. The Morgan fingerprint density at radius 1 is 1.24 bits per heavy atom. The molecule has 116 valence electrons. The van der Waals surface area contributed by atoms with Crippen LogP contribution in [0.15, 0.2) is 24.3 Å².